The van der Waals surface area contributed by atoms with Crippen LogP contribution >= 0.6 is 23.2 Å². The van der Waals surface area contributed by atoms with Gasteiger partial charge in [-0.3, -0.25) is 4.79 Å². The summed E-state index contributed by atoms with van der Waals surface area (Å²) in [5, 5.41) is 3.65. The van der Waals surface area contributed by atoms with Crippen molar-refractivity contribution in [3.63, 3.8) is 0 Å². The molecule has 0 fully saturated rings. The molecule has 1 N–H and O–H groups in total. The van der Waals surface area contributed by atoms with Crippen LogP contribution in [0.1, 0.15) is 5.56 Å². The molecule has 128 valence electrons. The molecule has 0 bridgehead atoms. The van der Waals surface area contributed by atoms with Gasteiger partial charge in [-0.1, -0.05) is 23.2 Å². The van der Waals surface area contributed by atoms with Gasteiger partial charge in [0.05, 0.1) is 14.2 Å². The molecule has 2 aromatic rings. The monoisotopic (exact) mass is 369 g/mol. The van der Waals surface area contributed by atoms with Gasteiger partial charge < -0.3 is 19.5 Å². The fourth-order valence-electron chi connectivity index (χ4n) is 2.00. The molecule has 0 aromatic heterocycles. The summed E-state index contributed by atoms with van der Waals surface area (Å²) in [6.07, 6.45) is 0. The Labute approximate surface area is 150 Å². The van der Waals surface area contributed by atoms with E-state index in [0.29, 0.717) is 33.8 Å². The first-order valence-electron chi connectivity index (χ1n) is 7.08. The Bertz CT molecular complexity index is 701. The fourth-order valence-corrected chi connectivity index (χ4v) is 2.51. The molecular formula is C17H17Cl2NO4. The molecule has 0 aliphatic carbocycles. The van der Waals surface area contributed by atoms with E-state index >= 15 is 0 Å². The molecule has 0 aliphatic heterocycles. The van der Waals surface area contributed by atoms with Gasteiger partial charge in [-0.25, -0.2) is 0 Å². The summed E-state index contributed by atoms with van der Waals surface area (Å²) in [4.78, 5) is 11.9. The van der Waals surface area contributed by atoms with Crippen molar-refractivity contribution in [2.24, 2.45) is 0 Å². The minimum absolute atomic E-state index is 0.144. The molecule has 0 saturated heterocycles. The highest BCUT2D eigenvalue weighted by molar-refractivity contribution is 6.34. The summed E-state index contributed by atoms with van der Waals surface area (Å²) in [5.41, 5.74) is 0.831. The van der Waals surface area contributed by atoms with Gasteiger partial charge in [0, 0.05) is 28.2 Å². The first kappa shape index (κ1) is 18.2. The van der Waals surface area contributed by atoms with Crippen molar-refractivity contribution in [3.05, 3.63) is 52.0 Å². The number of methoxy groups -OCH3 is 2. The molecule has 7 heteroatoms. The quantitative estimate of drug-likeness (QED) is 0.808. The van der Waals surface area contributed by atoms with Crippen molar-refractivity contribution >= 4 is 29.1 Å². The Kier molecular flexibility index (Phi) is 6.58. The van der Waals surface area contributed by atoms with E-state index in [4.69, 9.17) is 37.4 Å². The summed E-state index contributed by atoms with van der Waals surface area (Å²) in [5.74, 6) is 1.48. The van der Waals surface area contributed by atoms with Gasteiger partial charge in [0.15, 0.2) is 6.61 Å². The van der Waals surface area contributed by atoms with Gasteiger partial charge in [0.25, 0.3) is 5.91 Å². The Morgan fingerprint density at radius 2 is 1.71 bits per heavy atom. The maximum absolute atomic E-state index is 11.9. The second-order valence-corrected chi connectivity index (χ2v) is 5.72. The lowest BCUT2D eigenvalue weighted by molar-refractivity contribution is -0.123. The highest BCUT2D eigenvalue weighted by Gasteiger charge is 2.08. The zero-order chi connectivity index (χ0) is 17.5. The smallest absolute Gasteiger partial charge is 0.258 e. The Morgan fingerprint density at radius 3 is 2.33 bits per heavy atom. The molecule has 0 heterocycles. The SMILES string of the molecule is COc1ccc(CNC(=O)COc2cc(Cl)cc(Cl)c2)c(OC)c1. The third-order valence-corrected chi connectivity index (χ3v) is 3.61. The van der Waals surface area contributed by atoms with E-state index in [0.717, 1.165) is 5.56 Å². The van der Waals surface area contributed by atoms with Crippen LogP contribution in [-0.4, -0.2) is 26.7 Å². The van der Waals surface area contributed by atoms with Gasteiger partial charge in [-0.2, -0.15) is 0 Å². The van der Waals surface area contributed by atoms with Crippen LogP contribution in [0.15, 0.2) is 36.4 Å². The molecule has 0 atom stereocenters. The fraction of sp³-hybridized carbons (Fsp3) is 0.235. The van der Waals surface area contributed by atoms with Crippen LogP contribution < -0.4 is 19.5 Å². The van der Waals surface area contributed by atoms with Crippen molar-refractivity contribution in [2.75, 3.05) is 20.8 Å². The average molecular weight is 370 g/mol. The lowest BCUT2D eigenvalue weighted by Gasteiger charge is -2.12. The first-order chi connectivity index (χ1) is 11.5. The maximum atomic E-state index is 11.9. The largest absolute Gasteiger partial charge is 0.497 e. The second kappa shape index (κ2) is 8.66. The third kappa shape index (κ3) is 5.22. The summed E-state index contributed by atoms with van der Waals surface area (Å²) in [6.45, 7) is 0.167. The number of ether oxygens (including phenoxy) is 3. The van der Waals surface area contributed by atoms with Gasteiger partial charge >= 0.3 is 0 Å². The van der Waals surface area contributed by atoms with Gasteiger partial charge in [-0.05, 0) is 30.3 Å². The molecule has 24 heavy (non-hydrogen) atoms. The normalized spacial score (nSPS) is 10.2. The topological polar surface area (TPSA) is 56.8 Å². The predicted octanol–water partition coefficient (Wildman–Crippen LogP) is 3.71. The van der Waals surface area contributed by atoms with E-state index in [1.807, 2.05) is 6.07 Å². The Balaban J connectivity index is 1.89. The molecule has 1 amide bonds. The molecule has 0 spiro atoms. The van der Waals surface area contributed by atoms with E-state index in [1.165, 1.54) is 0 Å². The first-order valence-corrected chi connectivity index (χ1v) is 7.84. The molecular weight excluding hydrogens is 353 g/mol. The summed E-state index contributed by atoms with van der Waals surface area (Å²) >= 11 is 11.8. The lowest BCUT2D eigenvalue weighted by Crippen LogP contribution is -2.28. The van der Waals surface area contributed by atoms with E-state index in [1.54, 1.807) is 44.6 Å². The molecule has 0 saturated carbocycles. The van der Waals surface area contributed by atoms with Crippen LogP contribution in [0, 0.1) is 0 Å². The molecule has 5 nitrogen and oxygen atoms in total. The van der Waals surface area contributed by atoms with Crippen LogP contribution in [-0.2, 0) is 11.3 Å². The van der Waals surface area contributed by atoms with Crippen molar-refractivity contribution < 1.29 is 19.0 Å². The predicted molar refractivity (Wildman–Crippen MR) is 93.3 cm³/mol. The van der Waals surface area contributed by atoms with E-state index in [9.17, 15) is 4.79 Å². The Hall–Kier alpha value is -2.11. The molecule has 2 aromatic carbocycles. The van der Waals surface area contributed by atoms with Crippen LogP contribution in [0.5, 0.6) is 17.2 Å². The zero-order valence-corrected chi connectivity index (χ0v) is 14.8. The van der Waals surface area contributed by atoms with Crippen molar-refractivity contribution in [2.45, 2.75) is 6.54 Å². The zero-order valence-electron chi connectivity index (χ0n) is 13.3. The van der Waals surface area contributed by atoms with E-state index in [-0.39, 0.29) is 12.5 Å². The standard InChI is InChI=1S/C17H17Cl2NO4/c1-22-14-4-3-11(16(8-14)23-2)9-20-17(21)10-24-15-6-12(18)5-13(19)7-15/h3-8H,9-10H2,1-2H3,(H,20,21). The van der Waals surface area contributed by atoms with Crippen molar-refractivity contribution in [1.82, 2.24) is 5.32 Å². The number of carbonyl (C=O) groups is 1. The third-order valence-electron chi connectivity index (χ3n) is 3.18. The van der Waals surface area contributed by atoms with Crippen LogP contribution in [0.3, 0.4) is 0 Å². The van der Waals surface area contributed by atoms with Crippen molar-refractivity contribution in [3.8, 4) is 17.2 Å². The molecule has 0 aliphatic rings. The second-order valence-electron chi connectivity index (χ2n) is 4.85. The highest BCUT2D eigenvalue weighted by Crippen LogP contribution is 2.25. The summed E-state index contributed by atoms with van der Waals surface area (Å²) in [6, 6.07) is 10.2. The number of hydrogen-bond acceptors (Lipinski definition) is 4. The van der Waals surface area contributed by atoms with Gasteiger partial charge in [0.2, 0.25) is 0 Å². The maximum Gasteiger partial charge on any atom is 0.258 e. The summed E-state index contributed by atoms with van der Waals surface area (Å²) in [7, 11) is 3.14. The number of rotatable bonds is 7. The summed E-state index contributed by atoms with van der Waals surface area (Å²) < 4.78 is 15.8. The minimum atomic E-state index is -0.274. The van der Waals surface area contributed by atoms with Crippen molar-refractivity contribution in [1.29, 1.82) is 0 Å². The number of carbonyl (C=O) groups excluding carboxylic acids is 1. The number of hydrogen-bond donors (Lipinski definition) is 1. The van der Waals surface area contributed by atoms with Crippen LogP contribution in [0.2, 0.25) is 10.0 Å². The number of benzene rings is 2. The van der Waals surface area contributed by atoms with E-state index < -0.39 is 0 Å². The Morgan fingerprint density at radius 1 is 1.00 bits per heavy atom. The highest BCUT2D eigenvalue weighted by atomic mass is 35.5. The molecule has 2 rings (SSSR count). The van der Waals surface area contributed by atoms with Gasteiger partial charge in [-0.15, -0.1) is 0 Å². The van der Waals surface area contributed by atoms with Crippen LogP contribution in [0.4, 0.5) is 0 Å². The van der Waals surface area contributed by atoms with E-state index in [2.05, 4.69) is 5.32 Å². The number of amides is 1. The molecule has 0 radical (unpaired) electrons. The number of halogens is 2. The van der Waals surface area contributed by atoms with Gasteiger partial charge in [0.1, 0.15) is 17.2 Å². The minimum Gasteiger partial charge on any atom is -0.497 e. The van der Waals surface area contributed by atoms with Crippen LogP contribution in [0.25, 0.3) is 0 Å². The molecule has 0 unspecified atom stereocenters. The lowest BCUT2D eigenvalue weighted by atomic mass is 10.2. The average Bonchev–Trinajstić information content (AvgIpc) is 2.57. The number of nitrogens with one attached hydrogen (secondary N) is 1.